The lowest BCUT2D eigenvalue weighted by Crippen LogP contribution is -2.54. The van der Waals surface area contributed by atoms with Crippen molar-refractivity contribution < 1.29 is 5.11 Å². The van der Waals surface area contributed by atoms with Gasteiger partial charge in [0.15, 0.2) is 0 Å². The van der Waals surface area contributed by atoms with Gasteiger partial charge in [0, 0.05) is 31.2 Å². The Labute approximate surface area is 151 Å². The van der Waals surface area contributed by atoms with Crippen LogP contribution in [0.4, 0.5) is 0 Å². The molecule has 0 saturated carbocycles. The Kier molecular flexibility index (Phi) is 6.24. The van der Waals surface area contributed by atoms with Crippen molar-refractivity contribution in [3.63, 3.8) is 0 Å². The first-order valence-corrected chi connectivity index (χ1v) is 9.47. The van der Waals surface area contributed by atoms with Crippen LogP contribution in [0.15, 0.2) is 60.7 Å². The second-order valence-electron chi connectivity index (χ2n) is 7.09. The predicted octanol–water partition coefficient (Wildman–Crippen LogP) is 3.92. The summed E-state index contributed by atoms with van der Waals surface area (Å²) < 4.78 is 0. The number of benzene rings is 2. The van der Waals surface area contributed by atoms with Crippen LogP contribution in [-0.2, 0) is 0 Å². The number of aliphatic hydroxyl groups excluding tert-OH is 1. The Morgan fingerprint density at radius 3 is 2.24 bits per heavy atom. The number of piperidine rings is 1. The molecule has 1 aliphatic rings. The van der Waals surface area contributed by atoms with E-state index >= 15 is 0 Å². The molecule has 2 aromatic rings. The van der Waals surface area contributed by atoms with Crippen molar-refractivity contribution in [2.75, 3.05) is 13.1 Å². The van der Waals surface area contributed by atoms with E-state index < -0.39 is 0 Å². The van der Waals surface area contributed by atoms with Crippen molar-refractivity contribution in [2.45, 2.75) is 50.9 Å². The molecule has 3 rings (SSSR count). The number of likely N-dealkylation sites (tertiary alicyclic amines) is 1. The first kappa shape index (κ1) is 18.1. The van der Waals surface area contributed by atoms with E-state index in [4.69, 9.17) is 0 Å². The molecule has 0 amide bonds. The number of nitrogens with zero attached hydrogens (tertiary/aromatic N) is 1. The van der Waals surface area contributed by atoms with Gasteiger partial charge < -0.3 is 10.4 Å². The molecule has 1 heterocycles. The largest absolute Gasteiger partial charge is 0.391 e. The summed E-state index contributed by atoms with van der Waals surface area (Å²) in [5.74, 6) is 0. The van der Waals surface area contributed by atoms with Gasteiger partial charge in [-0.3, -0.25) is 4.90 Å². The van der Waals surface area contributed by atoms with E-state index in [-0.39, 0.29) is 18.2 Å². The van der Waals surface area contributed by atoms with Crippen molar-refractivity contribution >= 4 is 0 Å². The summed E-state index contributed by atoms with van der Waals surface area (Å²) >= 11 is 0. The van der Waals surface area contributed by atoms with Crippen LogP contribution in [0.1, 0.15) is 49.9 Å². The average Bonchev–Trinajstić information content (AvgIpc) is 2.66. The minimum atomic E-state index is -0.282. The van der Waals surface area contributed by atoms with Crippen molar-refractivity contribution in [1.29, 1.82) is 0 Å². The molecule has 0 radical (unpaired) electrons. The van der Waals surface area contributed by atoms with Gasteiger partial charge in [0.05, 0.1) is 6.10 Å². The zero-order valence-electron chi connectivity index (χ0n) is 15.3. The van der Waals surface area contributed by atoms with E-state index in [2.05, 4.69) is 78.7 Å². The van der Waals surface area contributed by atoms with Gasteiger partial charge in [-0.1, -0.05) is 67.6 Å². The third-order valence-electron chi connectivity index (χ3n) is 5.38. The lowest BCUT2D eigenvalue weighted by Gasteiger charge is -2.42. The van der Waals surface area contributed by atoms with Gasteiger partial charge in [-0.25, -0.2) is 0 Å². The number of hydrogen-bond acceptors (Lipinski definition) is 3. The molecule has 3 heteroatoms. The van der Waals surface area contributed by atoms with Crippen LogP contribution in [0.5, 0.6) is 0 Å². The molecule has 0 bridgehead atoms. The fourth-order valence-electron chi connectivity index (χ4n) is 3.95. The molecular weight excluding hydrogens is 308 g/mol. The van der Waals surface area contributed by atoms with Gasteiger partial charge in [0.2, 0.25) is 0 Å². The maximum Gasteiger partial charge on any atom is 0.0718 e. The lowest BCUT2D eigenvalue weighted by molar-refractivity contribution is 0.0243. The summed E-state index contributed by atoms with van der Waals surface area (Å²) in [6.07, 6.45) is 1.62. The molecule has 1 aliphatic heterocycles. The van der Waals surface area contributed by atoms with Crippen molar-refractivity contribution in [3.05, 3.63) is 71.8 Å². The van der Waals surface area contributed by atoms with Gasteiger partial charge in [0.1, 0.15) is 0 Å². The maximum atomic E-state index is 10.5. The molecule has 3 nitrogen and oxygen atoms in total. The Morgan fingerprint density at radius 1 is 1.04 bits per heavy atom. The van der Waals surface area contributed by atoms with E-state index in [1.54, 1.807) is 0 Å². The van der Waals surface area contributed by atoms with E-state index in [0.29, 0.717) is 6.04 Å². The standard InChI is InChI=1S/C22H30N2O/c1-3-21(19-12-8-5-9-13-19)24-15-14-22(25)20(16-24)23-17(2)18-10-6-4-7-11-18/h4-13,17,20-23,25H,3,14-16H2,1-2H3/t17?,20-,21?,22-/m1/s1. The minimum Gasteiger partial charge on any atom is -0.391 e. The number of hydrogen-bond donors (Lipinski definition) is 2. The molecule has 4 atom stereocenters. The Bertz CT molecular complexity index is 631. The van der Waals surface area contributed by atoms with Crippen molar-refractivity contribution in [1.82, 2.24) is 10.2 Å². The molecule has 2 unspecified atom stereocenters. The molecule has 1 saturated heterocycles. The van der Waals surface area contributed by atoms with Crippen LogP contribution in [0.3, 0.4) is 0 Å². The Morgan fingerprint density at radius 2 is 1.64 bits per heavy atom. The van der Waals surface area contributed by atoms with E-state index in [9.17, 15) is 5.11 Å². The summed E-state index contributed by atoms with van der Waals surface area (Å²) in [5.41, 5.74) is 2.64. The Hall–Kier alpha value is -1.68. The number of rotatable bonds is 6. The fourth-order valence-corrected chi connectivity index (χ4v) is 3.95. The summed E-state index contributed by atoms with van der Waals surface area (Å²) in [6.45, 7) is 6.26. The van der Waals surface area contributed by atoms with Gasteiger partial charge in [-0.2, -0.15) is 0 Å². The number of aliphatic hydroxyl groups is 1. The smallest absolute Gasteiger partial charge is 0.0718 e. The molecular formula is C22H30N2O. The molecule has 0 aromatic heterocycles. The SMILES string of the molecule is CCC(c1ccccc1)N1CC[C@@H](O)[C@H](NC(C)c2ccccc2)C1. The highest BCUT2D eigenvalue weighted by Gasteiger charge is 2.32. The van der Waals surface area contributed by atoms with Crippen LogP contribution >= 0.6 is 0 Å². The quantitative estimate of drug-likeness (QED) is 0.838. The summed E-state index contributed by atoms with van der Waals surface area (Å²) in [6, 6.07) is 22.0. The zero-order chi connectivity index (χ0) is 17.6. The normalized spacial score (nSPS) is 24.0. The molecule has 2 aromatic carbocycles. The van der Waals surface area contributed by atoms with Crippen molar-refractivity contribution in [2.24, 2.45) is 0 Å². The highest BCUT2D eigenvalue weighted by atomic mass is 16.3. The zero-order valence-corrected chi connectivity index (χ0v) is 15.3. The highest BCUT2D eigenvalue weighted by molar-refractivity contribution is 5.20. The summed E-state index contributed by atoms with van der Waals surface area (Å²) in [4.78, 5) is 2.53. The van der Waals surface area contributed by atoms with Gasteiger partial charge in [-0.05, 0) is 30.9 Å². The van der Waals surface area contributed by atoms with E-state index in [1.807, 2.05) is 6.07 Å². The second-order valence-corrected chi connectivity index (χ2v) is 7.09. The second kappa shape index (κ2) is 8.61. The molecule has 0 aliphatic carbocycles. The first-order chi connectivity index (χ1) is 12.2. The van der Waals surface area contributed by atoms with Gasteiger partial charge in [0.25, 0.3) is 0 Å². The summed E-state index contributed by atoms with van der Waals surface area (Å²) in [5, 5.41) is 14.2. The van der Waals surface area contributed by atoms with Crippen molar-refractivity contribution in [3.8, 4) is 0 Å². The molecule has 134 valence electrons. The van der Waals surface area contributed by atoms with Crippen LogP contribution in [-0.4, -0.2) is 35.2 Å². The van der Waals surface area contributed by atoms with Crippen LogP contribution in [0, 0.1) is 0 Å². The van der Waals surface area contributed by atoms with Crippen LogP contribution in [0.25, 0.3) is 0 Å². The first-order valence-electron chi connectivity index (χ1n) is 9.47. The third kappa shape index (κ3) is 4.49. The lowest BCUT2D eigenvalue weighted by atomic mass is 9.95. The maximum absolute atomic E-state index is 10.5. The van der Waals surface area contributed by atoms with Crippen LogP contribution < -0.4 is 5.32 Å². The molecule has 2 N–H and O–H groups in total. The third-order valence-corrected chi connectivity index (χ3v) is 5.38. The van der Waals surface area contributed by atoms with Gasteiger partial charge >= 0.3 is 0 Å². The monoisotopic (exact) mass is 338 g/mol. The van der Waals surface area contributed by atoms with E-state index in [1.165, 1.54) is 11.1 Å². The molecule has 1 fully saturated rings. The Balaban J connectivity index is 1.68. The average molecular weight is 338 g/mol. The minimum absolute atomic E-state index is 0.0988. The topological polar surface area (TPSA) is 35.5 Å². The number of nitrogens with one attached hydrogen (secondary N) is 1. The van der Waals surface area contributed by atoms with E-state index in [0.717, 1.165) is 25.9 Å². The predicted molar refractivity (Wildman–Crippen MR) is 103 cm³/mol. The molecule has 25 heavy (non-hydrogen) atoms. The highest BCUT2D eigenvalue weighted by Crippen LogP contribution is 2.28. The van der Waals surface area contributed by atoms with Crippen LogP contribution in [0.2, 0.25) is 0 Å². The summed E-state index contributed by atoms with van der Waals surface area (Å²) in [7, 11) is 0. The molecule has 0 spiro atoms. The van der Waals surface area contributed by atoms with Gasteiger partial charge in [-0.15, -0.1) is 0 Å². The fraction of sp³-hybridized carbons (Fsp3) is 0.455.